The molecule has 6 nitrogen and oxygen atoms in total. The molecule has 0 aliphatic rings. The molecule has 4 rings (SSSR count). The molecule has 0 aliphatic carbocycles. The van der Waals surface area contributed by atoms with Crippen molar-refractivity contribution in [1.29, 1.82) is 0 Å². The van der Waals surface area contributed by atoms with Crippen LogP contribution < -0.4 is 5.32 Å². The van der Waals surface area contributed by atoms with Crippen molar-refractivity contribution >= 4 is 34.1 Å². The van der Waals surface area contributed by atoms with E-state index >= 15 is 0 Å². The van der Waals surface area contributed by atoms with E-state index in [-0.39, 0.29) is 11.2 Å². The van der Waals surface area contributed by atoms with Crippen molar-refractivity contribution in [3.8, 4) is 11.4 Å². The van der Waals surface area contributed by atoms with Gasteiger partial charge in [-0.2, -0.15) is 0 Å². The zero-order valence-electron chi connectivity index (χ0n) is 18.4. The number of anilines is 1. The highest BCUT2D eigenvalue weighted by Gasteiger charge is 2.21. The van der Waals surface area contributed by atoms with Gasteiger partial charge < -0.3 is 10.1 Å². The number of thioether (sulfide) groups is 1. The number of benzene rings is 3. The topological polar surface area (TPSA) is 69.0 Å². The maximum absolute atomic E-state index is 12.9. The third-order valence-corrected chi connectivity index (χ3v) is 6.26. The van der Waals surface area contributed by atoms with Crippen LogP contribution in [0.5, 0.6) is 0 Å². The summed E-state index contributed by atoms with van der Waals surface area (Å²) in [4.78, 5) is 12.9. The molecule has 0 aliphatic heterocycles. The van der Waals surface area contributed by atoms with E-state index in [2.05, 4.69) is 27.6 Å². The van der Waals surface area contributed by atoms with Gasteiger partial charge in [-0.05, 0) is 42.8 Å². The SMILES string of the molecule is COCCn1c(S[C@@H](C)C(=O)Nc2ccc3ccccc3c2)nnc1-c1cccc(C)c1. The zero-order chi connectivity index (χ0) is 22.5. The fourth-order valence-electron chi connectivity index (χ4n) is 3.48. The van der Waals surface area contributed by atoms with Crippen molar-refractivity contribution < 1.29 is 9.53 Å². The smallest absolute Gasteiger partial charge is 0.237 e. The number of carbonyl (C=O) groups is 1. The predicted octanol–water partition coefficient (Wildman–Crippen LogP) is 5.17. The fraction of sp³-hybridized carbons (Fsp3) is 0.240. The van der Waals surface area contributed by atoms with Gasteiger partial charge in [0.15, 0.2) is 11.0 Å². The molecule has 0 saturated heterocycles. The van der Waals surface area contributed by atoms with E-state index in [1.807, 2.05) is 73.0 Å². The molecular formula is C25H26N4O2S. The third-order valence-electron chi connectivity index (χ3n) is 5.18. The lowest BCUT2D eigenvalue weighted by Gasteiger charge is -2.14. The molecule has 0 fully saturated rings. The minimum atomic E-state index is -0.350. The fourth-order valence-corrected chi connectivity index (χ4v) is 4.36. The first-order valence-electron chi connectivity index (χ1n) is 10.5. The van der Waals surface area contributed by atoms with Gasteiger partial charge in [0.2, 0.25) is 5.91 Å². The van der Waals surface area contributed by atoms with Crippen LogP contribution in [0.2, 0.25) is 0 Å². The number of rotatable bonds is 8. The van der Waals surface area contributed by atoms with Gasteiger partial charge in [0.05, 0.1) is 18.4 Å². The lowest BCUT2D eigenvalue weighted by Crippen LogP contribution is -2.23. The maximum Gasteiger partial charge on any atom is 0.237 e. The van der Waals surface area contributed by atoms with Crippen molar-refractivity contribution in [3.63, 3.8) is 0 Å². The molecule has 0 bridgehead atoms. The van der Waals surface area contributed by atoms with Gasteiger partial charge in [0.1, 0.15) is 0 Å². The lowest BCUT2D eigenvalue weighted by atomic mass is 10.1. The molecule has 1 amide bonds. The van der Waals surface area contributed by atoms with Crippen LogP contribution in [0.15, 0.2) is 71.9 Å². The Hall–Kier alpha value is -3.16. The first-order chi connectivity index (χ1) is 15.5. The van der Waals surface area contributed by atoms with Gasteiger partial charge in [0, 0.05) is 18.4 Å². The van der Waals surface area contributed by atoms with E-state index in [4.69, 9.17) is 4.74 Å². The van der Waals surface area contributed by atoms with Crippen molar-refractivity contribution in [1.82, 2.24) is 14.8 Å². The largest absolute Gasteiger partial charge is 0.383 e. The quantitative estimate of drug-likeness (QED) is 0.378. The van der Waals surface area contributed by atoms with Gasteiger partial charge in [-0.25, -0.2) is 0 Å². The van der Waals surface area contributed by atoms with Crippen molar-refractivity contribution in [2.24, 2.45) is 0 Å². The standard InChI is InChI=1S/C25H26N4O2S/c1-17-7-6-10-21(15-17)23-27-28-25(29(23)13-14-31-3)32-18(2)24(30)26-22-12-11-19-8-4-5-9-20(19)16-22/h4-12,15-16,18H,13-14H2,1-3H3,(H,26,30)/t18-/m0/s1. The average molecular weight is 447 g/mol. The number of aromatic nitrogens is 3. The normalized spacial score (nSPS) is 12.1. The number of hydrogen-bond acceptors (Lipinski definition) is 5. The number of amides is 1. The summed E-state index contributed by atoms with van der Waals surface area (Å²) in [6.45, 7) is 5.06. The first-order valence-corrected chi connectivity index (χ1v) is 11.4. The van der Waals surface area contributed by atoms with Crippen LogP contribution in [0.3, 0.4) is 0 Å². The second-order valence-corrected chi connectivity index (χ2v) is 8.94. The summed E-state index contributed by atoms with van der Waals surface area (Å²) < 4.78 is 7.30. The molecule has 0 spiro atoms. The molecule has 0 radical (unpaired) electrons. The highest BCUT2D eigenvalue weighted by atomic mass is 32.2. The summed E-state index contributed by atoms with van der Waals surface area (Å²) in [6, 6.07) is 22.2. The second kappa shape index (κ2) is 9.97. The molecule has 7 heteroatoms. The van der Waals surface area contributed by atoms with Crippen molar-refractivity contribution in [2.45, 2.75) is 30.8 Å². The molecule has 0 saturated carbocycles. The van der Waals surface area contributed by atoms with E-state index in [0.29, 0.717) is 18.3 Å². The molecule has 0 unspecified atom stereocenters. The molecule has 1 heterocycles. The van der Waals surface area contributed by atoms with Gasteiger partial charge in [-0.1, -0.05) is 65.9 Å². The van der Waals surface area contributed by atoms with Crippen molar-refractivity contribution in [2.75, 3.05) is 19.0 Å². The monoisotopic (exact) mass is 446 g/mol. The number of methoxy groups -OCH3 is 1. The zero-order valence-corrected chi connectivity index (χ0v) is 19.2. The third kappa shape index (κ3) is 5.00. The van der Waals surface area contributed by atoms with E-state index in [1.165, 1.54) is 11.8 Å². The van der Waals surface area contributed by atoms with Gasteiger partial charge in [0.25, 0.3) is 0 Å². The Labute approximate surface area is 192 Å². The maximum atomic E-state index is 12.9. The Kier molecular flexibility index (Phi) is 6.87. The molecule has 1 N–H and O–H groups in total. The molecule has 1 aromatic heterocycles. The van der Waals surface area contributed by atoms with Crippen LogP contribution in [0.4, 0.5) is 5.69 Å². The van der Waals surface area contributed by atoms with E-state index in [0.717, 1.165) is 33.4 Å². The Bertz CT molecular complexity index is 1240. The second-order valence-electron chi connectivity index (χ2n) is 7.63. The minimum absolute atomic E-state index is 0.0799. The van der Waals surface area contributed by atoms with E-state index < -0.39 is 0 Å². The van der Waals surface area contributed by atoms with Gasteiger partial charge >= 0.3 is 0 Å². The van der Waals surface area contributed by atoms with Gasteiger partial charge in [-0.3, -0.25) is 9.36 Å². The molecular weight excluding hydrogens is 420 g/mol. The van der Waals surface area contributed by atoms with E-state index in [9.17, 15) is 4.79 Å². The Balaban J connectivity index is 1.52. The van der Waals surface area contributed by atoms with Crippen LogP contribution >= 0.6 is 11.8 Å². The highest BCUT2D eigenvalue weighted by Crippen LogP contribution is 2.28. The van der Waals surface area contributed by atoms with Gasteiger partial charge in [-0.15, -0.1) is 10.2 Å². The summed E-state index contributed by atoms with van der Waals surface area (Å²) >= 11 is 1.39. The highest BCUT2D eigenvalue weighted by molar-refractivity contribution is 8.00. The van der Waals surface area contributed by atoms with Crippen LogP contribution in [-0.4, -0.2) is 39.6 Å². The van der Waals surface area contributed by atoms with Crippen molar-refractivity contribution in [3.05, 3.63) is 72.3 Å². The number of nitrogens with one attached hydrogen (secondary N) is 1. The molecule has 164 valence electrons. The first kappa shape index (κ1) is 22.0. The predicted molar refractivity (Wildman–Crippen MR) is 130 cm³/mol. The van der Waals surface area contributed by atoms with Crippen LogP contribution in [0, 0.1) is 6.92 Å². The summed E-state index contributed by atoms with van der Waals surface area (Å²) in [6.07, 6.45) is 0. The Morgan fingerprint density at radius 3 is 2.66 bits per heavy atom. The summed E-state index contributed by atoms with van der Waals surface area (Å²) in [5, 5.41) is 14.4. The number of hydrogen-bond donors (Lipinski definition) is 1. The molecule has 1 atom stereocenters. The lowest BCUT2D eigenvalue weighted by molar-refractivity contribution is -0.115. The van der Waals surface area contributed by atoms with E-state index in [1.54, 1.807) is 7.11 Å². The van der Waals surface area contributed by atoms with Crippen LogP contribution in [-0.2, 0) is 16.1 Å². The Morgan fingerprint density at radius 1 is 1.06 bits per heavy atom. The molecule has 3 aromatic carbocycles. The summed E-state index contributed by atoms with van der Waals surface area (Å²) in [5.41, 5.74) is 2.93. The van der Waals surface area contributed by atoms with Crippen LogP contribution in [0.25, 0.3) is 22.2 Å². The van der Waals surface area contributed by atoms with Crippen LogP contribution in [0.1, 0.15) is 12.5 Å². The summed E-state index contributed by atoms with van der Waals surface area (Å²) in [5.74, 6) is 0.694. The average Bonchev–Trinajstić information content (AvgIpc) is 3.19. The molecule has 32 heavy (non-hydrogen) atoms. The Morgan fingerprint density at radius 2 is 1.88 bits per heavy atom. The number of ether oxygens (including phenoxy) is 1. The summed E-state index contributed by atoms with van der Waals surface area (Å²) in [7, 11) is 1.67. The number of nitrogens with zero attached hydrogens (tertiary/aromatic N) is 3. The number of fused-ring (bicyclic) bond motifs is 1. The number of aryl methyl sites for hydroxylation is 1. The minimum Gasteiger partial charge on any atom is -0.383 e. The molecule has 4 aromatic rings. The number of carbonyl (C=O) groups excluding carboxylic acids is 1.